The van der Waals surface area contributed by atoms with Gasteiger partial charge in [0.1, 0.15) is 17.4 Å². The topological polar surface area (TPSA) is 62.6 Å². The van der Waals surface area contributed by atoms with Crippen LogP contribution in [0.4, 0.5) is 0 Å². The van der Waals surface area contributed by atoms with Gasteiger partial charge in [0.25, 0.3) is 0 Å². The van der Waals surface area contributed by atoms with E-state index in [9.17, 15) is 9.59 Å². The van der Waals surface area contributed by atoms with Crippen LogP contribution in [0.2, 0.25) is 0 Å². The number of amides is 2. The van der Waals surface area contributed by atoms with E-state index in [1.807, 2.05) is 60.7 Å². The molecule has 1 aromatic heterocycles. The Morgan fingerprint density at radius 1 is 1.07 bits per heavy atom. The molecule has 2 aromatic carbocycles. The standard InChI is InChI=1S/C22H22N2O3/c25-20(15-24-13-7-6-12-21(24)26)23-22(16-8-2-1-3-9-16)19-14-17-10-4-5-11-18(17)27-19/h1-5,8-11,14,22H,6-7,12-13,15H2,(H,23,25)/t22-/m1/s1. The number of likely N-dealkylation sites (tertiary alicyclic amines) is 1. The van der Waals surface area contributed by atoms with Crippen molar-refractivity contribution in [1.29, 1.82) is 0 Å². The van der Waals surface area contributed by atoms with Crippen LogP contribution in [0.5, 0.6) is 0 Å². The zero-order valence-electron chi connectivity index (χ0n) is 15.1. The molecule has 2 amide bonds. The molecule has 2 heterocycles. The summed E-state index contributed by atoms with van der Waals surface area (Å²) < 4.78 is 6.00. The molecule has 1 saturated heterocycles. The van der Waals surface area contributed by atoms with E-state index in [1.54, 1.807) is 4.90 Å². The van der Waals surface area contributed by atoms with Crippen molar-refractivity contribution < 1.29 is 14.0 Å². The summed E-state index contributed by atoms with van der Waals surface area (Å²) in [6, 6.07) is 19.1. The molecule has 1 aliphatic heterocycles. The predicted octanol–water partition coefficient (Wildman–Crippen LogP) is 3.65. The van der Waals surface area contributed by atoms with E-state index in [0.29, 0.717) is 18.7 Å². The van der Waals surface area contributed by atoms with Crippen molar-refractivity contribution in [3.05, 3.63) is 72.0 Å². The van der Waals surface area contributed by atoms with Crippen LogP contribution in [0.15, 0.2) is 65.1 Å². The van der Waals surface area contributed by atoms with Crippen molar-refractivity contribution in [3.8, 4) is 0 Å². The van der Waals surface area contributed by atoms with Crippen LogP contribution in [0.3, 0.4) is 0 Å². The number of nitrogens with one attached hydrogen (secondary N) is 1. The second-order valence-electron chi connectivity index (χ2n) is 6.87. The van der Waals surface area contributed by atoms with Gasteiger partial charge in [-0.05, 0) is 30.5 Å². The SMILES string of the molecule is O=C(CN1CCCCC1=O)N[C@H](c1ccccc1)c1cc2ccccc2o1. The second-order valence-corrected chi connectivity index (χ2v) is 6.87. The zero-order chi connectivity index (χ0) is 18.6. The van der Waals surface area contributed by atoms with Crippen molar-refractivity contribution in [3.63, 3.8) is 0 Å². The Labute approximate surface area is 158 Å². The van der Waals surface area contributed by atoms with Gasteiger partial charge in [0.2, 0.25) is 11.8 Å². The number of benzene rings is 2. The van der Waals surface area contributed by atoms with Gasteiger partial charge in [-0.3, -0.25) is 9.59 Å². The lowest BCUT2D eigenvalue weighted by molar-refractivity contribution is -0.138. The Bertz CT molecular complexity index is 915. The van der Waals surface area contributed by atoms with Crippen LogP contribution in [0, 0.1) is 0 Å². The molecule has 0 radical (unpaired) electrons. The van der Waals surface area contributed by atoms with Crippen molar-refractivity contribution in [1.82, 2.24) is 10.2 Å². The number of carbonyl (C=O) groups is 2. The molecule has 0 bridgehead atoms. The van der Waals surface area contributed by atoms with E-state index in [4.69, 9.17) is 4.42 Å². The first-order chi connectivity index (χ1) is 13.2. The fourth-order valence-corrected chi connectivity index (χ4v) is 3.52. The number of fused-ring (bicyclic) bond motifs is 1. The van der Waals surface area contributed by atoms with Crippen LogP contribution in [0.25, 0.3) is 11.0 Å². The summed E-state index contributed by atoms with van der Waals surface area (Å²) in [5.41, 5.74) is 1.73. The lowest BCUT2D eigenvalue weighted by Crippen LogP contribution is -2.43. The van der Waals surface area contributed by atoms with Gasteiger partial charge in [0.15, 0.2) is 0 Å². The first-order valence-corrected chi connectivity index (χ1v) is 9.31. The van der Waals surface area contributed by atoms with Gasteiger partial charge < -0.3 is 14.6 Å². The van der Waals surface area contributed by atoms with Crippen molar-refractivity contribution in [2.45, 2.75) is 25.3 Å². The van der Waals surface area contributed by atoms with Gasteiger partial charge in [0.05, 0.1) is 6.54 Å². The number of para-hydroxylation sites is 1. The van der Waals surface area contributed by atoms with Gasteiger partial charge in [-0.1, -0.05) is 48.5 Å². The number of piperidine rings is 1. The van der Waals surface area contributed by atoms with Gasteiger partial charge in [0, 0.05) is 18.4 Å². The summed E-state index contributed by atoms with van der Waals surface area (Å²) in [5, 5.41) is 4.05. The Kier molecular flexibility index (Phi) is 4.92. The van der Waals surface area contributed by atoms with Crippen molar-refractivity contribution in [2.24, 2.45) is 0 Å². The number of furan rings is 1. The fraction of sp³-hybridized carbons (Fsp3) is 0.273. The molecule has 0 aliphatic carbocycles. The molecule has 1 atom stereocenters. The highest BCUT2D eigenvalue weighted by molar-refractivity contribution is 5.86. The van der Waals surface area contributed by atoms with E-state index in [0.717, 1.165) is 29.4 Å². The summed E-state index contributed by atoms with van der Waals surface area (Å²) >= 11 is 0. The van der Waals surface area contributed by atoms with Crippen LogP contribution in [-0.2, 0) is 9.59 Å². The average Bonchev–Trinajstić information content (AvgIpc) is 3.12. The molecule has 0 spiro atoms. The van der Waals surface area contributed by atoms with Crippen LogP contribution < -0.4 is 5.32 Å². The molecule has 0 unspecified atom stereocenters. The molecular weight excluding hydrogens is 340 g/mol. The van der Waals surface area contributed by atoms with E-state index in [2.05, 4.69) is 5.32 Å². The van der Waals surface area contributed by atoms with Crippen LogP contribution >= 0.6 is 0 Å². The number of hydrogen-bond donors (Lipinski definition) is 1. The molecule has 138 valence electrons. The Morgan fingerprint density at radius 3 is 2.63 bits per heavy atom. The summed E-state index contributed by atoms with van der Waals surface area (Å²) in [6.07, 6.45) is 2.38. The molecule has 4 rings (SSSR count). The second kappa shape index (κ2) is 7.66. The zero-order valence-corrected chi connectivity index (χ0v) is 15.1. The number of hydrogen-bond acceptors (Lipinski definition) is 3. The maximum Gasteiger partial charge on any atom is 0.240 e. The molecule has 1 fully saturated rings. The highest BCUT2D eigenvalue weighted by Crippen LogP contribution is 2.28. The highest BCUT2D eigenvalue weighted by Gasteiger charge is 2.24. The van der Waals surface area contributed by atoms with Gasteiger partial charge in [-0.15, -0.1) is 0 Å². The molecular formula is C22H22N2O3. The Balaban J connectivity index is 1.58. The maximum atomic E-state index is 12.7. The third kappa shape index (κ3) is 3.87. The molecule has 0 saturated carbocycles. The summed E-state index contributed by atoms with van der Waals surface area (Å²) in [5.74, 6) is 0.552. The summed E-state index contributed by atoms with van der Waals surface area (Å²) in [4.78, 5) is 26.3. The van der Waals surface area contributed by atoms with Crippen LogP contribution in [0.1, 0.15) is 36.6 Å². The third-order valence-corrected chi connectivity index (χ3v) is 4.92. The normalized spacial score (nSPS) is 15.7. The molecule has 3 aromatic rings. The predicted molar refractivity (Wildman–Crippen MR) is 103 cm³/mol. The first kappa shape index (κ1) is 17.3. The van der Waals surface area contributed by atoms with Gasteiger partial charge >= 0.3 is 0 Å². The van der Waals surface area contributed by atoms with Gasteiger partial charge in [-0.2, -0.15) is 0 Å². The lowest BCUT2D eigenvalue weighted by Gasteiger charge is -2.27. The summed E-state index contributed by atoms with van der Waals surface area (Å²) in [7, 11) is 0. The number of nitrogens with zero attached hydrogens (tertiary/aromatic N) is 1. The lowest BCUT2D eigenvalue weighted by atomic mass is 10.0. The molecule has 1 N–H and O–H groups in total. The van der Waals surface area contributed by atoms with Crippen LogP contribution in [-0.4, -0.2) is 29.8 Å². The largest absolute Gasteiger partial charge is 0.459 e. The van der Waals surface area contributed by atoms with Gasteiger partial charge in [-0.25, -0.2) is 0 Å². The monoisotopic (exact) mass is 362 g/mol. The van der Waals surface area contributed by atoms with Crippen molar-refractivity contribution >= 4 is 22.8 Å². The molecule has 1 aliphatic rings. The molecule has 5 heteroatoms. The quantitative estimate of drug-likeness (QED) is 0.754. The van der Waals surface area contributed by atoms with Crippen molar-refractivity contribution in [2.75, 3.05) is 13.1 Å². The Morgan fingerprint density at radius 2 is 1.85 bits per heavy atom. The molecule has 5 nitrogen and oxygen atoms in total. The number of carbonyl (C=O) groups excluding carboxylic acids is 2. The maximum absolute atomic E-state index is 12.7. The highest BCUT2D eigenvalue weighted by atomic mass is 16.3. The number of rotatable bonds is 5. The minimum Gasteiger partial charge on any atom is -0.459 e. The third-order valence-electron chi connectivity index (χ3n) is 4.92. The Hall–Kier alpha value is -3.08. The van der Waals surface area contributed by atoms with E-state index in [1.165, 1.54) is 0 Å². The average molecular weight is 362 g/mol. The smallest absolute Gasteiger partial charge is 0.240 e. The first-order valence-electron chi connectivity index (χ1n) is 9.31. The molecule has 27 heavy (non-hydrogen) atoms. The fourth-order valence-electron chi connectivity index (χ4n) is 3.52. The summed E-state index contributed by atoms with van der Waals surface area (Å²) in [6.45, 7) is 0.731. The minimum absolute atomic E-state index is 0.0522. The van der Waals surface area contributed by atoms with E-state index < -0.39 is 6.04 Å². The van der Waals surface area contributed by atoms with E-state index >= 15 is 0 Å². The van der Waals surface area contributed by atoms with E-state index in [-0.39, 0.29) is 18.4 Å². The minimum atomic E-state index is -0.397.